The Hall–Kier alpha value is -1.59. The number of hydrogen-bond donors (Lipinski definition) is 3. The van der Waals surface area contributed by atoms with Crippen molar-refractivity contribution < 1.29 is 9.59 Å². The summed E-state index contributed by atoms with van der Waals surface area (Å²) in [6, 6.07) is 5.37. The number of rotatable bonds is 4. The minimum atomic E-state index is -0.381. The van der Waals surface area contributed by atoms with E-state index in [2.05, 4.69) is 16.0 Å². The van der Waals surface area contributed by atoms with Gasteiger partial charge in [0.25, 0.3) is 5.91 Å². The maximum absolute atomic E-state index is 12.4. The highest BCUT2D eigenvalue weighted by Gasteiger charge is 2.36. The van der Waals surface area contributed by atoms with Crippen LogP contribution in [-0.4, -0.2) is 31.4 Å². The largest absolute Gasteiger partial charge is 0.352 e. The average Bonchev–Trinajstić information content (AvgIpc) is 2.89. The van der Waals surface area contributed by atoms with Gasteiger partial charge in [-0.15, -0.1) is 12.4 Å². The molecule has 1 fully saturated rings. The van der Waals surface area contributed by atoms with Crippen LogP contribution in [0.4, 0.5) is 5.69 Å². The zero-order valence-electron chi connectivity index (χ0n) is 13.3. The monoisotopic (exact) mass is 325 g/mol. The third kappa shape index (κ3) is 3.99. The molecule has 1 saturated heterocycles. The molecule has 1 atom stereocenters. The summed E-state index contributed by atoms with van der Waals surface area (Å²) in [4.78, 5) is 24.3. The number of aryl methyl sites for hydroxylation is 1. The first-order valence-corrected chi connectivity index (χ1v) is 7.37. The zero-order valence-corrected chi connectivity index (χ0v) is 14.1. The molecule has 0 aromatic heterocycles. The smallest absolute Gasteiger partial charge is 0.251 e. The summed E-state index contributed by atoms with van der Waals surface area (Å²) >= 11 is 0. The van der Waals surface area contributed by atoms with E-state index in [1.54, 1.807) is 12.1 Å². The van der Waals surface area contributed by atoms with Gasteiger partial charge in [-0.3, -0.25) is 9.59 Å². The van der Waals surface area contributed by atoms with Crippen molar-refractivity contribution in [3.8, 4) is 0 Å². The van der Waals surface area contributed by atoms with Gasteiger partial charge in [-0.05, 0) is 51.4 Å². The van der Waals surface area contributed by atoms with Gasteiger partial charge in [0.05, 0.1) is 5.41 Å². The summed E-state index contributed by atoms with van der Waals surface area (Å²) in [5.41, 5.74) is 1.84. The molecule has 122 valence electrons. The van der Waals surface area contributed by atoms with Gasteiger partial charge < -0.3 is 16.0 Å². The Bertz CT molecular complexity index is 554. The lowest BCUT2D eigenvalue weighted by atomic mass is 9.88. The highest BCUT2D eigenvalue weighted by Crippen LogP contribution is 2.27. The number of halogens is 1. The summed E-state index contributed by atoms with van der Waals surface area (Å²) in [6.45, 7) is 7.90. The van der Waals surface area contributed by atoms with E-state index in [-0.39, 0.29) is 29.6 Å². The van der Waals surface area contributed by atoms with E-state index < -0.39 is 0 Å². The van der Waals surface area contributed by atoms with Gasteiger partial charge >= 0.3 is 0 Å². The Kier molecular flexibility index (Phi) is 6.38. The Morgan fingerprint density at radius 2 is 2.09 bits per heavy atom. The molecule has 0 bridgehead atoms. The first kappa shape index (κ1) is 18.5. The highest BCUT2D eigenvalue weighted by molar-refractivity contribution is 5.99. The molecule has 3 N–H and O–H groups in total. The van der Waals surface area contributed by atoms with Crippen molar-refractivity contribution in [1.29, 1.82) is 0 Å². The Balaban J connectivity index is 0.00000242. The second-order valence-corrected chi connectivity index (χ2v) is 5.83. The lowest BCUT2D eigenvalue weighted by Gasteiger charge is -2.22. The number of hydrogen-bond acceptors (Lipinski definition) is 3. The molecule has 6 heteroatoms. The molecule has 0 radical (unpaired) electrons. The summed E-state index contributed by atoms with van der Waals surface area (Å²) in [5.74, 6) is -0.120. The van der Waals surface area contributed by atoms with Crippen molar-refractivity contribution in [3.05, 3.63) is 29.3 Å². The minimum absolute atomic E-state index is 0. The van der Waals surface area contributed by atoms with Crippen molar-refractivity contribution in [1.82, 2.24) is 10.6 Å². The van der Waals surface area contributed by atoms with Crippen LogP contribution in [0.5, 0.6) is 0 Å². The summed E-state index contributed by atoms with van der Waals surface area (Å²) < 4.78 is 0. The normalized spacial score (nSPS) is 20.1. The number of anilines is 1. The van der Waals surface area contributed by atoms with E-state index >= 15 is 0 Å². The first-order valence-electron chi connectivity index (χ1n) is 7.37. The molecular weight excluding hydrogens is 302 g/mol. The maximum Gasteiger partial charge on any atom is 0.251 e. The Morgan fingerprint density at radius 1 is 1.36 bits per heavy atom. The van der Waals surface area contributed by atoms with Gasteiger partial charge in [-0.25, -0.2) is 0 Å². The molecular formula is C16H24ClN3O2. The molecule has 1 unspecified atom stereocenters. The van der Waals surface area contributed by atoms with Crippen LogP contribution in [0.2, 0.25) is 0 Å². The van der Waals surface area contributed by atoms with Crippen LogP contribution in [0.25, 0.3) is 0 Å². The molecule has 1 aromatic rings. The third-order valence-electron chi connectivity index (χ3n) is 4.00. The van der Waals surface area contributed by atoms with Gasteiger partial charge in [-0.2, -0.15) is 0 Å². The molecule has 1 aliphatic heterocycles. The van der Waals surface area contributed by atoms with Crippen LogP contribution in [0.3, 0.4) is 0 Å². The Labute approximate surface area is 137 Å². The lowest BCUT2D eigenvalue weighted by molar-refractivity contribution is -0.123. The van der Waals surface area contributed by atoms with Crippen molar-refractivity contribution in [3.63, 3.8) is 0 Å². The minimum Gasteiger partial charge on any atom is -0.352 e. The number of amides is 2. The van der Waals surface area contributed by atoms with Crippen molar-refractivity contribution >= 4 is 29.9 Å². The van der Waals surface area contributed by atoms with Crippen LogP contribution in [0, 0.1) is 12.3 Å². The summed E-state index contributed by atoms with van der Waals surface area (Å²) in [6.07, 6.45) is 0.827. The standard InChI is InChI=1S/C16H23N3O2.ClH/c1-4-18-14(20)12-6-5-11(2)13(9-12)19-15(21)16(3)7-8-17-10-16;/h5-6,9,17H,4,7-8,10H2,1-3H3,(H,18,20)(H,19,21);1H. The third-order valence-corrected chi connectivity index (χ3v) is 4.00. The van der Waals surface area contributed by atoms with Gasteiger partial charge in [-0.1, -0.05) is 6.07 Å². The molecule has 0 aliphatic carbocycles. The zero-order chi connectivity index (χ0) is 15.5. The molecule has 2 rings (SSSR count). The fraction of sp³-hybridized carbons (Fsp3) is 0.500. The van der Waals surface area contributed by atoms with Crippen LogP contribution in [0.15, 0.2) is 18.2 Å². The van der Waals surface area contributed by atoms with Crippen LogP contribution in [-0.2, 0) is 4.79 Å². The topological polar surface area (TPSA) is 70.2 Å². The molecule has 1 heterocycles. The number of carbonyl (C=O) groups is 2. The quantitative estimate of drug-likeness (QED) is 0.794. The van der Waals surface area contributed by atoms with E-state index in [0.29, 0.717) is 24.3 Å². The van der Waals surface area contributed by atoms with E-state index in [4.69, 9.17) is 0 Å². The van der Waals surface area contributed by atoms with Crippen molar-refractivity contribution in [2.24, 2.45) is 5.41 Å². The maximum atomic E-state index is 12.4. The van der Waals surface area contributed by atoms with Gasteiger partial charge in [0.1, 0.15) is 0 Å². The molecule has 5 nitrogen and oxygen atoms in total. The predicted molar refractivity (Wildman–Crippen MR) is 90.7 cm³/mol. The highest BCUT2D eigenvalue weighted by atomic mass is 35.5. The molecule has 22 heavy (non-hydrogen) atoms. The van der Waals surface area contributed by atoms with Crippen LogP contribution < -0.4 is 16.0 Å². The molecule has 0 saturated carbocycles. The van der Waals surface area contributed by atoms with E-state index in [9.17, 15) is 9.59 Å². The molecule has 1 aromatic carbocycles. The first-order chi connectivity index (χ1) is 9.96. The molecule has 2 amide bonds. The second-order valence-electron chi connectivity index (χ2n) is 5.83. The Morgan fingerprint density at radius 3 is 2.68 bits per heavy atom. The lowest BCUT2D eigenvalue weighted by Crippen LogP contribution is -2.35. The van der Waals surface area contributed by atoms with E-state index in [1.807, 2.05) is 26.8 Å². The predicted octanol–water partition coefficient (Wildman–Crippen LogP) is 2.10. The SMILES string of the molecule is CCNC(=O)c1ccc(C)c(NC(=O)C2(C)CCNC2)c1.Cl. The number of carbonyl (C=O) groups excluding carboxylic acids is 2. The van der Waals surface area contributed by atoms with E-state index in [0.717, 1.165) is 18.5 Å². The van der Waals surface area contributed by atoms with E-state index in [1.165, 1.54) is 0 Å². The fourth-order valence-corrected chi connectivity index (χ4v) is 2.44. The van der Waals surface area contributed by atoms with Gasteiger partial charge in [0.2, 0.25) is 5.91 Å². The second kappa shape index (κ2) is 7.61. The van der Waals surface area contributed by atoms with Crippen LogP contribution in [0.1, 0.15) is 36.2 Å². The van der Waals surface area contributed by atoms with Crippen molar-refractivity contribution in [2.75, 3.05) is 25.0 Å². The van der Waals surface area contributed by atoms with Crippen LogP contribution >= 0.6 is 12.4 Å². The average molecular weight is 326 g/mol. The van der Waals surface area contributed by atoms with Crippen molar-refractivity contribution in [2.45, 2.75) is 27.2 Å². The molecule has 0 spiro atoms. The number of benzene rings is 1. The van der Waals surface area contributed by atoms with Gasteiger partial charge in [0, 0.05) is 24.3 Å². The van der Waals surface area contributed by atoms with Gasteiger partial charge in [0.15, 0.2) is 0 Å². The summed E-state index contributed by atoms with van der Waals surface area (Å²) in [5, 5.41) is 8.95. The fourth-order valence-electron chi connectivity index (χ4n) is 2.44. The number of nitrogens with one attached hydrogen (secondary N) is 3. The molecule has 1 aliphatic rings. The summed E-state index contributed by atoms with van der Waals surface area (Å²) in [7, 11) is 0.